The van der Waals surface area contributed by atoms with Crippen molar-refractivity contribution in [1.82, 2.24) is 25.4 Å². The van der Waals surface area contributed by atoms with E-state index in [0.29, 0.717) is 22.8 Å². The van der Waals surface area contributed by atoms with Crippen LogP contribution in [0.3, 0.4) is 0 Å². The molecule has 0 spiro atoms. The summed E-state index contributed by atoms with van der Waals surface area (Å²) in [7, 11) is 3.14. The number of para-hydroxylation sites is 1. The number of methoxy groups -OCH3 is 2. The van der Waals surface area contributed by atoms with Crippen LogP contribution in [0.1, 0.15) is 27.4 Å². The molecule has 2 aromatic carbocycles. The Labute approximate surface area is 191 Å². The van der Waals surface area contributed by atoms with E-state index in [1.54, 1.807) is 38.5 Å². The van der Waals surface area contributed by atoms with Crippen LogP contribution in [0.15, 0.2) is 59.7 Å². The number of benzene rings is 2. The number of ether oxygens (including phenoxy) is 2. The number of aromatic nitrogens is 4. The second-order valence-electron chi connectivity index (χ2n) is 7.27. The lowest BCUT2D eigenvalue weighted by Crippen LogP contribution is -2.18. The van der Waals surface area contributed by atoms with Crippen molar-refractivity contribution < 1.29 is 14.3 Å². The van der Waals surface area contributed by atoms with E-state index in [1.165, 1.54) is 6.21 Å². The largest absolute Gasteiger partial charge is 0.497 e. The fraction of sp³-hybridized carbons (Fsp3) is 0.167. The zero-order chi connectivity index (χ0) is 23.4. The summed E-state index contributed by atoms with van der Waals surface area (Å²) < 4.78 is 12.4. The third kappa shape index (κ3) is 4.47. The van der Waals surface area contributed by atoms with Crippen molar-refractivity contribution in [2.75, 3.05) is 14.2 Å². The van der Waals surface area contributed by atoms with E-state index in [9.17, 15) is 4.79 Å². The van der Waals surface area contributed by atoms with Gasteiger partial charge in [0.2, 0.25) is 0 Å². The number of carbonyl (C=O) groups is 1. The van der Waals surface area contributed by atoms with Crippen molar-refractivity contribution in [3.8, 4) is 28.4 Å². The Morgan fingerprint density at radius 3 is 2.61 bits per heavy atom. The first kappa shape index (κ1) is 21.8. The second kappa shape index (κ2) is 9.39. The average Bonchev–Trinajstić information content (AvgIpc) is 3.43. The van der Waals surface area contributed by atoms with Gasteiger partial charge in [-0.3, -0.25) is 9.89 Å². The van der Waals surface area contributed by atoms with Crippen LogP contribution in [0.2, 0.25) is 0 Å². The molecule has 2 aromatic heterocycles. The number of H-pyrrole nitrogens is 1. The quantitative estimate of drug-likeness (QED) is 0.334. The number of hydrazone groups is 1. The van der Waals surface area contributed by atoms with Crippen molar-refractivity contribution in [2.24, 2.45) is 5.10 Å². The van der Waals surface area contributed by atoms with E-state index in [4.69, 9.17) is 9.47 Å². The van der Waals surface area contributed by atoms with Gasteiger partial charge in [-0.2, -0.15) is 15.3 Å². The summed E-state index contributed by atoms with van der Waals surface area (Å²) in [5.41, 5.74) is 7.67. The van der Waals surface area contributed by atoms with Gasteiger partial charge in [0.05, 0.1) is 43.2 Å². The van der Waals surface area contributed by atoms with Crippen LogP contribution in [0, 0.1) is 13.8 Å². The summed E-state index contributed by atoms with van der Waals surface area (Å²) in [4.78, 5) is 12.6. The molecule has 0 saturated carbocycles. The Kier molecular flexibility index (Phi) is 6.21. The van der Waals surface area contributed by atoms with Crippen LogP contribution in [0.5, 0.6) is 11.5 Å². The minimum absolute atomic E-state index is 0.283. The van der Waals surface area contributed by atoms with Gasteiger partial charge in [-0.15, -0.1) is 0 Å². The zero-order valence-corrected chi connectivity index (χ0v) is 18.8. The number of nitrogens with one attached hydrogen (secondary N) is 2. The highest BCUT2D eigenvalue weighted by atomic mass is 16.5. The van der Waals surface area contributed by atoms with E-state index in [0.717, 1.165) is 22.6 Å². The van der Waals surface area contributed by atoms with Crippen molar-refractivity contribution in [3.63, 3.8) is 0 Å². The van der Waals surface area contributed by atoms with Gasteiger partial charge >= 0.3 is 0 Å². The van der Waals surface area contributed by atoms with E-state index in [1.807, 2.05) is 48.9 Å². The fourth-order valence-electron chi connectivity index (χ4n) is 3.56. The van der Waals surface area contributed by atoms with Gasteiger partial charge in [0.15, 0.2) is 0 Å². The Morgan fingerprint density at radius 2 is 1.88 bits per heavy atom. The highest BCUT2D eigenvalue weighted by Crippen LogP contribution is 2.27. The first-order chi connectivity index (χ1) is 16.0. The number of hydrogen-bond acceptors (Lipinski definition) is 6. The minimum atomic E-state index is -0.419. The first-order valence-corrected chi connectivity index (χ1v) is 10.2. The lowest BCUT2D eigenvalue weighted by atomic mass is 10.1. The highest BCUT2D eigenvalue weighted by molar-refractivity contribution is 5.94. The van der Waals surface area contributed by atoms with Gasteiger partial charge in [0.25, 0.3) is 5.91 Å². The molecule has 0 bridgehead atoms. The van der Waals surface area contributed by atoms with Crippen LogP contribution in [0.4, 0.5) is 0 Å². The second-order valence-corrected chi connectivity index (χ2v) is 7.27. The van der Waals surface area contributed by atoms with Crippen molar-refractivity contribution in [1.29, 1.82) is 0 Å². The van der Waals surface area contributed by atoms with Gasteiger partial charge < -0.3 is 9.47 Å². The molecule has 2 heterocycles. The van der Waals surface area contributed by atoms with Crippen LogP contribution in [0.25, 0.3) is 16.9 Å². The molecule has 0 unspecified atom stereocenters. The van der Waals surface area contributed by atoms with Gasteiger partial charge in [0.1, 0.15) is 17.2 Å². The predicted molar refractivity (Wildman–Crippen MR) is 125 cm³/mol. The van der Waals surface area contributed by atoms with E-state index >= 15 is 0 Å². The summed E-state index contributed by atoms with van der Waals surface area (Å²) in [5.74, 6) is 0.847. The SMILES string of the molecule is COc1ccc(OC)c(/C=N/NC(=O)c2cc(-c3c(C)nn(-c4ccccc4)c3C)n[nH]2)c1. The molecule has 0 atom stereocenters. The van der Waals surface area contributed by atoms with Crippen LogP contribution in [-0.2, 0) is 0 Å². The molecule has 0 fully saturated rings. The lowest BCUT2D eigenvalue weighted by Gasteiger charge is -2.06. The molecule has 0 aliphatic rings. The molecule has 2 N–H and O–H groups in total. The maximum atomic E-state index is 12.6. The van der Waals surface area contributed by atoms with Gasteiger partial charge in [-0.1, -0.05) is 18.2 Å². The Bertz CT molecular complexity index is 1310. The molecule has 9 nitrogen and oxygen atoms in total. The normalized spacial score (nSPS) is 11.0. The van der Waals surface area contributed by atoms with Crippen LogP contribution in [-0.4, -0.2) is 46.3 Å². The third-order valence-corrected chi connectivity index (χ3v) is 5.18. The molecule has 0 radical (unpaired) electrons. The zero-order valence-electron chi connectivity index (χ0n) is 18.8. The molecule has 1 amide bonds. The van der Waals surface area contributed by atoms with E-state index in [2.05, 4.69) is 25.8 Å². The molecule has 33 heavy (non-hydrogen) atoms. The molecule has 168 valence electrons. The molecule has 4 rings (SSSR count). The topological polar surface area (TPSA) is 106 Å². The Hall–Kier alpha value is -4.40. The number of aryl methyl sites for hydroxylation is 1. The maximum absolute atomic E-state index is 12.6. The molecule has 4 aromatic rings. The minimum Gasteiger partial charge on any atom is -0.497 e. The summed E-state index contributed by atoms with van der Waals surface area (Å²) in [6, 6.07) is 16.9. The number of hydrogen-bond donors (Lipinski definition) is 2. The van der Waals surface area contributed by atoms with E-state index in [-0.39, 0.29) is 5.69 Å². The van der Waals surface area contributed by atoms with Crippen molar-refractivity contribution >= 4 is 12.1 Å². The Morgan fingerprint density at radius 1 is 1.09 bits per heavy atom. The first-order valence-electron chi connectivity index (χ1n) is 10.2. The number of amides is 1. The predicted octanol–water partition coefficient (Wildman–Crippen LogP) is 3.66. The van der Waals surface area contributed by atoms with Crippen LogP contribution < -0.4 is 14.9 Å². The van der Waals surface area contributed by atoms with Gasteiger partial charge in [-0.25, -0.2) is 10.1 Å². The summed E-state index contributed by atoms with van der Waals surface area (Å²) in [5, 5.41) is 15.8. The lowest BCUT2D eigenvalue weighted by molar-refractivity contribution is 0.0950. The number of nitrogens with zero attached hydrogens (tertiary/aromatic N) is 4. The molecular weight excluding hydrogens is 420 g/mol. The maximum Gasteiger partial charge on any atom is 0.289 e. The monoisotopic (exact) mass is 444 g/mol. The summed E-state index contributed by atoms with van der Waals surface area (Å²) >= 11 is 0. The molecule has 0 saturated heterocycles. The van der Waals surface area contributed by atoms with Crippen molar-refractivity contribution in [3.05, 3.63) is 77.2 Å². The van der Waals surface area contributed by atoms with Gasteiger partial charge in [-0.05, 0) is 50.2 Å². The molecule has 9 heteroatoms. The number of aromatic amines is 1. The van der Waals surface area contributed by atoms with Gasteiger partial charge in [0, 0.05) is 11.1 Å². The number of rotatable bonds is 7. The summed E-state index contributed by atoms with van der Waals surface area (Å²) in [6.45, 7) is 3.89. The molecular formula is C24H24N6O3. The smallest absolute Gasteiger partial charge is 0.289 e. The molecule has 0 aliphatic heterocycles. The fourth-order valence-corrected chi connectivity index (χ4v) is 3.56. The number of carbonyl (C=O) groups excluding carboxylic acids is 1. The molecule has 0 aliphatic carbocycles. The Balaban J connectivity index is 1.52. The van der Waals surface area contributed by atoms with Crippen molar-refractivity contribution in [2.45, 2.75) is 13.8 Å². The van der Waals surface area contributed by atoms with Crippen LogP contribution >= 0.6 is 0 Å². The van der Waals surface area contributed by atoms with E-state index < -0.39 is 5.91 Å². The summed E-state index contributed by atoms with van der Waals surface area (Å²) in [6.07, 6.45) is 1.49. The standard InChI is InChI=1S/C24H24N6O3/c1-15-23(16(2)30(29-15)18-8-6-5-7-9-18)20-13-21(27-26-20)24(31)28-25-14-17-12-19(32-3)10-11-22(17)33-4/h5-14H,1-4H3,(H,26,27)(H,28,31)/b25-14+. The average molecular weight is 444 g/mol. The highest BCUT2D eigenvalue weighted by Gasteiger charge is 2.19. The third-order valence-electron chi connectivity index (χ3n) is 5.18.